The van der Waals surface area contributed by atoms with Crippen molar-refractivity contribution in [1.82, 2.24) is 5.32 Å². The minimum atomic E-state index is -0.756. The molecule has 2 rings (SSSR count). The Morgan fingerprint density at radius 2 is 2.26 bits per heavy atom. The van der Waals surface area contributed by atoms with E-state index in [1.165, 1.54) is 6.08 Å². The number of nitrogens with one attached hydrogen (secondary N) is 1. The van der Waals surface area contributed by atoms with Gasteiger partial charge in [0.05, 0.1) is 5.92 Å². The minimum absolute atomic E-state index is 0.0182. The van der Waals surface area contributed by atoms with Crippen LogP contribution in [-0.2, 0) is 9.59 Å². The van der Waals surface area contributed by atoms with Crippen LogP contribution in [0.2, 0.25) is 0 Å². The largest absolute Gasteiger partial charge is 0.481 e. The summed E-state index contributed by atoms with van der Waals surface area (Å²) >= 11 is 1.57. The van der Waals surface area contributed by atoms with Gasteiger partial charge in [-0.3, -0.25) is 9.59 Å². The number of rotatable bonds is 4. The summed E-state index contributed by atoms with van der Waals surface area (Å²) in [6.45, 7) is 0. The zero-order chi connectivity index (χ0) is 13.7. The number of carboxylic acid groups (broad SMARTS) is 1. The van der Waals surface area contributed by atoms with Crippen molar-refractivity contribution in [1.29, 1.82) is 0 Å². The van der Waals surface area contributed by atoms with Crippen LogP contribution in [0.1, 0.15) is 30.6 Å². The van der Waals surface area contributed by atoms with Crippen LogP contribution in [0.25, 0.3) is 6.08 Å². The number of carbonyl (C=O) groups is 2. The quantitative estimate of drug-likeness (QED) is 0.832. The van der Waals surface area contributed by atoms with E-state index in [-0.39, 0.29) is 17.9 Å². The van der Waals surface area contributed by atoms with Crippen LogP contribution in [0.3, 0.4) is 0 Å². The lowest BCUT2D eigenvalue weighted by Crippen LogP contribution is -2.39. The third kappa shape index (κ3) is 4.21. The van der Waals surface area contributed by atoms with Crippen molar-refractivity contribution in [3.63, 3.8) is 0 Å². The van der Waals surface area contributed by atoms with Crippen LogP contribution in [-0.4, -0.2) is 23.0 Å². The molecule has 1 aliphatic carbocycles. The highest BCUT2D eigenvalue weighted by Gasteiger charge is 2.27. The molecule has 2 N–H and O–H groups in total. The van der Waals surface area contributed by atoms with Crippen LogP contribution in [0.5, 0.6) is 0 Å². The summed E-state index contributed by atoms with van der Waals surface area (Å²) < 4.78 is 0. The molecule has 5 heteroatoms. The lowest BCUT2D eigenvalue weighted by atomic mass is 9.86. The van der Waals surface area contributed by atoms with Gasteiger partial charge in [0.15, 0.2) is 0 Å². The second-order valence-corrected chi connectivity index (χ2v) is 5.74. The van der Waals surface area contributed by atoms with Crippen molar-refractivity contribution < 1.29 is 14.7 Å². The maximum atomic E-state index is 11.7. The SMILES string of the molecule is O=C(C=Cc1cccs1)NC1CCCC(C(=O)O)C1. The Bertz CT molecular complexity index is 467. The molecule has 2 atom stereocenters. The highest BCUT2D eigenvalue weighted by molar-refractivity contribution is 7.10. The van der Waals surface area contributed by atoms with Crippen LogP contribution >= 0.6 is 11.3 Å². The van der Waals surface area contributed by atoms with E-state index in [0.717, 1.165) is 17.7 Å². The Hall–Kier alpha value is -1.62. The Balaban J connectivity index is 1.83. The second-order valence-electron chi connectivity index (χ2n) is 4.76. The first-order chi connectivity index (χ1) is 9.15. The Morgan fingerprint density at radius 1 is 1.42 bits per heavy atom. The number of hydrogen-bond acceptors (Lipinski definition) is 3. The first kappa shape index (κ1) is 13.8. The normalized spacial score (nSPS) is 23.4. The molecule has 1 heterocycles. The summed E-state index contributed by atoms with van der Waals surface area (Å²) in [4.78, 5) is 23.7. The average molecular weight is 279 g/mol. The van der Waals surface area contributed by atoms with Gasteiger partial charge in [0.1, 0.15) is 0 Å². The molecule has 1 aromatic rings. The fraction of sp³-hybridized carbons (Fsp3) is 0.429. The zero-order valence-corrected chi connectivity index (χ0v) is 11.4. The molecule has 1 amide bonds. The summed E-state index contributed by atoms with van der Waals surface area (Å²) in [6.07, 6.45) is 6.26. The van der Waals surface area contributed by atoms with Gasteiger partial charge < -0.3 is 10.4 Å². The van der Waals surface area contributed by atoms with Crippen LogP contribution in [0.15, 0.2) is 23.6 Å². The third-order valence-corrected chi connectivity index (χ3v) is 4.15. The van der Waals surface area contributed by atoms with E-state index in [1.54, 1.807) is 17.4 Å². The zero-order valence-electron chi connectivity index (χ0n) is 10.5. The molecule has 0 aliphatic heterocycles. The lowest BCUT2D eigenvalue weighted by Gasteiger charge is -2.26. The Labute approximate surface area is 116 Å². The fourth-order valence-corrected chi connectivity index (χ4v) is 2.96. The smallest absolute Gasteiger partial charge is 0.306 e. The highest BCUT2D eigenvalue weighted by atomic mass is 32.1. The predicted octanol–water partition coefficient (Wildman–Crippen LogP) is 2.52. The van der Waals surface area contributed by atoms with E-state index >= 15 is 0 Å². The molecule has 1 aromatic heterocycles. The van der Waals surface area contributed by atoms with Gasteiger partial charge in [-0.15, -0.1) is 11.3 Å². The molecule has 0 radical (unpaired) electrons. The molecule has 0 aromatic carbocycles. The highest BCUT2D eigenvalue weighted by Crippen LogP contribution is 2.24. The topological polar surface area (TPSA) is 66.4 Å². The summed E-state index contributed by atoms with van der Waals surface area (Å²) in [5, 5.41) is 13.8. The van der Waals surface area contributed by atoms with E-state index < -0.39 is 5.97 Å². The molecule has 4 nitrogen and oxygen atoms in total. The standard InChI is InChI=1S/C14H17NO3S/c16-13(7-6-12-5-2-8-19-12)15-11-4-1-3-10(9-11)14(17)18/h2,5-8,10-11H,1,3-4,9H2,(H,15,16)(H,17,18). The maximum absolute atomic E-state index is 11.7. The van der Waals surface area contributed by atoms with Gasteiger partial charge in [-0.1, -0.05) is 12.5 Å². The number of thiophene rings is 1. The molecule has 1 aliphatic rings. The number of amides is 1. The van der Waals surface area contributed by atoms with E-state index in [1.807, 2.05) is 17.5 Å². The number of hydrogen-bond donors (Lipinski definition) is 2. The molecule has 19 heavy (non-hydrogen) atoms. The van der Waals surface area contributed by atoms with Crippen molar-refractivity contribution in [3.05, 3.63) is 28.5 Å². The molecule has 0 saturated heterocycles. The molecule has 102 valence electrons. The first-order valence-corrected chi connectivity index (χ1v) is 7.28. The van der Waals surface area contributed by atoms with Gasteiger partial charge in [0.25, 0.3) is 0 Å². The van der Waals surface area contributed by atoms with Gasteiger partial charge in [0, 0.05) is 17.0 Å². The van der Waals surface area contributed by atoms with Gasteiger partial charge in [-0.05, 0) is 36.8 Å². The molecule has 0 spiro atoms. The van der Waals surface area contributed by atoms with E-state index in [9.17, 15) is 9.59 Å². The van der Waals surface area contributed by atoms with Crippen LogP contribution in [0.4, 0.5) is 0 Å². The summed E-state index contributed by atoms with van der Waals surface area (Å²) in [5.74, 6) is -1.22. The Kier molecular flexibility index (Phi) is 4.74. The number of carboxylic acids is 1. The van der Waals surface area contributed by atoms with Gasteiger partial charge >= 0.3 is 5.97 Å². The van der Waals surface area contributed by atoms with Crippen molar-refractivity contribution in [2.75, 3.05) is 0 Å². The lowest BCUT2D eigenvalue weighted by molar-refractivity contribution is -0.143. The molecular weight excluding hydrogens is 262 g/mol. The van der Waals surface area contributed by atoms with E-state index in [2.05, 4.69) is 5.32 Å². The monoisotopic (exact) mass is 279 g/mol. The third-order valence-electron chi connectivity index (χ3n) is 3.31. The van der Waals surface area contributed by atoms with Crippen LogP contribution < -0.4 is 5.32 Å². The molecule has 1 fully saturated rings. The molecular formula is C14H17NO3S. The van der Waals surface area contributed by atoms with Crippen molar-refractivity contribution >= 4 is 29.3 Å². The Morgan fingerprint density at radius 3 is 2.95 bits per heavy atom. The first-order valence-electron chi connectivity index (χ1n) is 6.40. The van der Waals surface area contributed by atoms with Crippen LogP contribution in [0, 0.1) is 5.92 Å². The number of carbonyl (C=O) groups excluding carboxylic acids is 1. The predicted molar refractivity (Wildman–Crippen MR) is 74.9 cm³/mol. The van der Waals surface area contributed by atoms with Gasteiger partial charge in [-0.25, -0.2) is 0 Å². The van der Waals surface area contributed by atoms with Crippen molar-refractivity contribution in [3.8, 4) is 0 Å². The molecule has 1 saturated carbocycles. The fourth-order valence-electron chi connectivity index (χ4n) is 2.34. The second kappa shape index (κ2) is 6.52. The van der Waals surface area contributed by atoms with E-state index in [0.29, 0.717) is 12.8 Å². The summed E-state index contributed by atoms with van der Waals surface area (Å²) in [5.41, 5.74) is 0. The average Bonchev–Trinajstić information content (AvgIpc) is 2.90. The maximum Gasteiger partial charge on any atom is 0.306 e. The van der Waals surface area contributed by atoms with Crippen molar-refractivity contribution in [2.24, 2.45) is 5.92 Å². The summed E-state index contributed by atoms with van der Waals surface area (Å²) in [6, 6.07) is 3.85. The summed E-state index contributed by atoms with van der Waals surface area (Å²) in [7, 11) is 0. The minimum Gasteiger partial charge on any atom is -0.481 e. The molecule has 2 unspecified atom stereocenters. The van der Waals surface area contributed by atoms with E-state index in [4.69, 9.17) is 5.11 Å². The van der Waals surface area contributed by atoms with Gasteiger partial charge in [-0.2, -0.15) is 0 Å². The molecule has 0 bridgehead atoms. The van der Waals surface area contributed by atoms with Crippen molar-refractivity contribution in [2.45, 2.75) is 31.7 Å². The van der Waals surface area contributed by atoms with Gasteiger partial charge in [0.2, 0.25) is 5.91 Å². The number of aliphatic carboxylic acids is 1.